The number of aryl methyl sites for hydroxylation is 1. The molecule has 1 amide bonds. The van der Waals surface area contributed by atoms with Gasteiger partial charge in [0.05, 0.1) is 5.69 Å². The molecule has 2 aliphatic rings. The van der Waals surface area contributed by atoms with E-state index in [9.17, 15) is 9.59 Å². The molecule has 0 aromatic heterocycles. The van der Waals surface area contributed by atoms with E-state index in [-0.39, 0.29) is 11.7 Å². The van der Waals surface area contributed by atoms with Crippen LogP contribution in [0.5, 0.6) is 0 Å². The predicted molar refractivity (Wildman–Crippen MR) is 137 cm³/mol. The van der Waals surface area contributed by atoms with E-state index in [0.717, 1.165) is 22.5 Å². The fourth-order valence-electron chi connectivity index (χ4n) is 4.10. The SMILES string of the molecule is CC(=O)C1=NN(c2cccc(C)c2)[C@]2(S1)N(C(C)=O)N=C(c1ccccc1)N2c1ccccc1. The summed E-state index contributed by atoms with van der Waals surface area (Å²) < 4.78 is 0. The second-order valence-corrected chi connectivity index (χ2v) is 9.22. The summed E-state index contributed by atoms with van der Waals surface area (Å²) in [6.45, 7) is 4.95. The van der Waals surface area contributed by atoms with Gasteiger partial charge in [-0.2, -0.15) is 10.1 Å². The Balaban J connectivity index is 1.79. The molecule has 0 bridgehead atoms. The van der Waals surface area contributed by atoms with Gasteiger partial charge in [-0.15, -0.1) is 5.10 Å². The normalized spacial score (nSPS) is 19.4. The van der Waals surface area contributed by atoms with Crippen molar-refractivity contribution in [2.24, 2.45) is 10.2 Å². The number of nitrogens with zero attached hydrogens (tertiary/aromatic N) is 5. The lowest BCUT2D eigenvalue weighted by Gasteiger charge is -2.44. The maximum Gasteiger partial charge on any atom is 0.296 e. The lowest BCUT2D eigenvalue weighted by atomic mass is 10.1. The van der Waals surface area contributed by atoms with Gasteiger partial charge >= 0.3 is 0 Å². The van der Waals surface area contributed by atoms with Gasteiger partial charge in [0, 0.05) is 25.1 Å². The van der Waals surface area contributed by atoms with E-state index in [4.69, 9.17) is 10.2 Å². The highest BCUT2D eigenvalue weighted by atomic mass is 32.2. The van der Waals surface area contributed by atoms with Crippen molar-refractivity contribution in [2.45, 2.75) is 25.9 Å². The number of amidine groups is 1. The average molecular weight is 470 g/mol. The summed E-state index contributed by atoms with van der Waals surface area (Å²) in [5.74, 6) is 0.147. The van der Waals surface area contributed by atoms with Gasteiger partial charge in [0.2, 0.25) is 5.91 Å². The van der Waals surface area contributed by atoms with Gasteiger partial charge in [-0.25, -0.2) is 5.01 Å². The summed E-state index contributed by atoms with van der Waals surface area (Å²) in [6, 6.07) is 27.3. The Kier molecular flexibility index (Phi) is 5.45. The Morgan fingerprint density at radius 3 is 2.09 bits per heavy atom. The summed E-state index contributed by atoms with van der Waals surface area (Å²) in [5, 5.41) is 11.7. The van der Waals surface area contributed by atoms with Crippen molar-refractivity contribution in [3.63, 3.8) is 0 Å². The molecule has 0 saturated carbocycles. The number of benzene rings is 3. The number of rotatable bonds is 4. The van der Waals surface area contributed by atoms with Crippen LogP contribution in [0.25, 0.3) is 0 Å². The molecule has 3 aromatic carbocycles. The average Bonchev–Trinajstić information content (AvgIpc) is 3.40. The molecule has 170 valence electrons. The van der Waals surface area contributed by atoms with Crippen LogP contribution in [0.3, 0.4) is 0 Å². The molecular weight excluding hydrogens is 446 g/mol. The summed E-state index contributed by atoms with van der Waals surface area (Å²) in [5.41, 5.74) is 3.45. The number of thioether (sulfide) groups is 1. The summed E-state index contributed by atoms with van der Waals surface area (Å²) in [7, 11) is 0. The zero-order valence-electron chi connectivity index (χ0n) is 19.0. The smallest absolute Gasteiger partial charge is 0.292 e. The molecule has 0 saturated heterocycles. The number of carbonyl (C=O) groups is 2. The molecule has 3 aromatic rings. The van der Waals surface area contributed by atoms with E-state index in [2.05, 4.69) is 0 Å². The monoisotopic (exact) mass is 469 g/mol. The molecule has 8 heteroatoms. The van der Waals surface area contributed by atoms with E-state index in [1.807, 2.05) is 96.8 Å². The number of Topliss-reactive ketones (excluding diaryl/α,β-unsaturated/α-hetero) is 1. The molecule has 5 rings (SSSR count). The van der Waals surface area contributed by atoms with Crippen molar-refractivity contribution in [2.75, 3.05) is 9.91 Å². The Labute approximate surface area is 202 Å². The summed E-state index contributed by atoms with van der Waals surface area (Å²) in [4.78, 5) is 27.6. The van der Waals surface area contributed by atoms with Crippen LogP contribution in [-0.2, 0) is 9.59 Å². The molecule has 1 atom stereocenters. The lowest BCUT2D eigenvalue weighted by molar-refractivity contribution is -0.131. The number of para-hydroxylation sites is 1. The van der Waals surface area contributed by atoms with Gasteiger partial charge in [0.15, 0.2) is 16.7 Å². The highest BCUT2D eigenvalue weighted by molar-refractivity contribution is 8.17. The first kappa shape index (κ1) is 21.9. The van der Waals surface area contributed by atoms with Crippen LogP contribution in [0.4, 0.5) is 11.4 Å². The molecule has 0 unspecified atom stereocenters. The van der Waals surface area contributed by atoms with Gasteiger partial charge in [0.1, 0.15) is 0 Å². The Morgan fingerprint density at radius 2 is 1.47 bits per heavy atom. The van der Waals surface area contributed by atoms with Crippen LogP contribution in [0.1, 0.15) is 25.0 Å². The largest absolute Gasteiger partial charge is 0.296 e. The molecule has 0 radical (unpaired) electrons. The minimum absolute atomic E-state index is 0.177. The maximum atomic E-state index is 13.1. The van der Waals surface area contributed by atoms with Crippen LogP contribution in [0, 0.1) is 6.92 Å². The summed E-state index contributed by atoms with van der Waals surface area (Å²) in [6.07, 6.45) is 0. The van der Waals surface area contributed by atoms with Crippen LogP contribution in [-0.4, -0.2) is 32.7 Å². The molecule has 2 aliphatic heterocycles. The highest BCUT2D eigenvalue weighted by Crippen LogP contribution is 2.51. The number of ketones is 1. The van der Waals surface area contributed by atoms with Crippen molar-refractivity contribution in [1.82, 2.24) is 5.01 Å². The van der Waals surface area contributed by atoms with Crippen molar-refractivity contribution < 1.29 is 9.59 Å². The molecule has 0 aliphatic carbocycles. The second-order valence-electron chi connectivity index (χ2n) is 8.08. The van der Waals surface area contributed by atoms with Crippen LogP contribution < -0.4 is 9.91 Å². The number of carbonyl (C=O) groups excluding carboxylic acids is 2. The first-order chi connectivity index (χ1) is 16.4. The molecule has 0 N–H and O–H groups in total. The Bertz CT molecular complexity index is 1330. The zero-order valence-corrected chi connectivity index (χ0v) is 19.9. The van der Waals surface area contributed by atoms with Gasteiger partial charge in [-0.3, -0.25) is 14.5 Å². The number of hydrazone groups is 2. The molecule has 7 nitrogen and oxygen atoms in total. The van der Waals surface area contributed by atoms with Gasteiger partial charge < -0.3 is 0 Å². The molecule has 0 fully saturated rings. The van der Waals surface area contributed by atoms with E-state index in [1.54, 1.807) is 5.01 Å². The fraction of sp³-hybridized carbons (Fsp3) is 0.154. The number of amides is 1. The third-order valence-corrected chi connectivity index (χ3v) is 6.93. The van der Waals surface area contributed by atoms with E-state index >= 15 is 0 Å². The summed E-state index contributed by atoms with van der Waals surface area (Å²) >= 11 is 1.22. The number of hydrogen-bond acceptors (Lipinski definition) is 7. The second kappa shape index (κ2) is 8.46. The van der Waals surface area contributed by atoms with Gasteiger partial charge in [0.25, 0.3) is 5.12 Å². The van der Waals surface area contributed by atoms with Crippen molar-refractivity contribution >= 4 is 45.7 Å². The molecule has 2 heterocycles. The minimum Gasteiger partial charge on any atom is -0.292 e. The van der Waals surface area contributed by atoms with Crippen molar-refractivity contribution in [3.8, 4) is 0 Å². The zero-order chi connectivity index (χ0) is 23.9. The number of hydrogen-bond donors (Lipinski definition) is 0. The molecular formula is C26H23N5O2S. The predicted octanol–water partition coefficient (Wildman–Crippen LogP) is 4.79. The first-order valence-electron chi connectivity index (χ1n) is 10.9. The van der Waals surface area contributed by atoms with E-state index in [0.29, 0.717) is 10.9 Å². The highest BCUT2D eigenvalue weighted by Gasteiger charge is 2.61. The van der Waals surface area contributed by atoms with Gasteiger partial charge in [-0.05, 0) is 48.5 Å². The Morgan fingerprint density at radius 1 is 0.824 bits per heavy atom. The van der Waals surface area contributed by atoms with Crippen LogP contribution >= 0.6 is 11.8 Å². The van der Waals surface area contributed by atoms with E-state index in [1.165, 1.54) is 30.6 Å². The Hall–Kier alpha value is -3.91. The fourth-order valence-corrected chi connectivity index (χ4v) is 5.40. The third kappa shape index (κ3) is 3.47. The van der Waals surface area contributed by atoms with Crippen molar-refractivity contribution in [1.29, 1.82) is 0 Å². The molecule has 1 spiro atoms. The van der Waals surface area contributed by atoms with Crippen LogP contribution in [0.15, 0.2) is 95.1 Å². The maximum absolute atomic E-state index is 13.1. The molecule has 34 heavy (non-hydrogen) atoms. The first-order valence-corrected chi connectivity index (χ1v) is 11.7. The minimum atomic E-state index is -1.27. The quantitative estimate of drug-likeness (QED) is 0.549. The van der Waals surface area contributed by atoms with Gasteiger partial charge in [-0.1, -0.05) is 60.7 Å². The topological polar surface area (TPSA) is 68.6 Å². The van der Waals surface area contributed by atoms with E-state index < -0.39 is 5.12 Å². The van der Waals surface area contributed by atoms with Crippen LogP contribution in [0.2, 0.25) is 0 Å². The van der Waals surface area contributed by atoms with Crippen molar-refractivity contribution in [3.05, 3.63) is 96.1 Å². The standard InChI is InChI=1S/C26H23N5O2S/c1-18-11-10-16-23(17-18)31-26(34-25(28-31)19(2)32)29(22-14-8-5-9-15-22)24(27-30(26)20(3)33)21-12-6-4-7-13-21/h4-17H,1-3H3/t26-/m1/s1. The number of anilines is 2. The third-order valence-electron chi connectivity index (χ3n) is 5.57. The lowest BCUT2D eigenvalue weighted by Crippen LogP contribution is -2.63.